The highest BCUT2D eigenvalue weighted by Crippen LogP contribution is 2.56. The molecule has 1 aromatic carbocycles. The molecule has 1 atom stereocenters. The predicted molar refractivity (Wildman–Crippen MR) is 110 cm³/mol. The van der Waals surface area contributed by atoms with Gasteiger partial charge in [-0.05, 0) is 90.3 Å². The van der Waals surface area contributed by atoms with Crippen molar-refractivity contribution in [1.29, 1.82) is 0 Å². The minimum absolute atomic E-state index is 0. The maximum absolute atomic E-state index is 13.9. The van der Waals surface area contributed by atoms with E-state index < -0.39 is 11.6 Å². The molecule has 1 saturated carbocycles. The first-order valence-electron chi connectivity index (χ1n) is 9.53. The summed E-state index contributed by atoms with van der Waals surface area (Å²) >= 11 is 1.63. The van der Waals surface area contributed by atoms with Crippen molar-refractivity contribution in [3.63, 3.8) is 0 Å². The second kappa shape index (κ2) is 8.89. The molecule has 2 aromatic rings. The van der Waals surface area contributed by atoms with Crippen LogP contribution in [0.5, 0.6) is 0 Å². The summed E-state index contributed by atoms with van der Waals surface area (Å²) in [6, 6.07) is 5.74. The van der Waals surface area contributed by atoms with Crippen LogP contribution in [0.25, 0.3) is 0 Å². The van der Waals surface area contributed by atoms with Crippen molar-refractivity contribution in [3.05, 3.63) is 57.8 Å². The first kappa shape index (κ1) is 21.2. The third-order valence-corrected chi connectivity index (χ3v) is 6.72. The normalized spacial score (nSPS) is 19.9. The molecule has 1 aliphatic heterocycles. The van der Waals surface area contributed by atoms with Gasteiger partial charge in [0.2, 0.25) is 5.91 Å². The Kier molecular flexibility index (Phi) is 6.73. The van der Waals surface area contributed by atoms with Crippen molar-refractivity contribution in [2.75, 3.05) is 13.1 Å². The molecule has 1 aromatic heterocycles. The summed E-state index contributed by atoms with van der Waals surface area (Å²) in [6.07, 6.45) is 3.69. The van der Waals surface area contributed by atoms with E-state index in [2.05, 4.69) is 16.8 Å². The maximum Gasteiger partial charge on any atom is 0.223 e. The number of rotatable bonds is 6. The monoisotopic (exact) mass is 426 g/mol. The van der Waals surface area contributed by atoms with Crippen molar-refractivity contribution in [2.24, 2.45) is 5.41 Å². The molecule has 1 unspecified atom stereocenters. The van der Waals surface area contributed by atoms with Crippen molar-refractivity contribution < 1.29 is 13.6 Å². The maximum atomic E-state index is 13.9. The second-order valence-electron chi connectivity index (χ2n) is 7.72. The van der Waals surface area contributed by atoms with Gasteiger partial charge in [0.15, 0.2) is 0 Å². The topological polar surface area (TPSA) is 32.3 Å². The van der Waals surface area contributed by atoms with E-state index in [4.69, 9.17) is 0 Å². The number of carbonyl (C=O) groups is 1. The summed E-state index contributed by atoms with van der Waals surface area (Å²) in [4.78, 5) is 15.0. The van der Waals surface area contributed by atoms with Gasteiger partial charge >= 0.3 is 0 Å². The van der Waals surface area contributed by atoms with Gasteiger partial charge in [0.1, 0.15) is 11.6 Å². The van der Waals surface area contributed by atoms with Gasteiger partial charge in [-0.1, -0.05) is 0 Å². The molecule has 3 nitrogen and oxygen atoms in total. The van der Waals surface area contributed by atoms with Gasteiger partial charge in [-0.15, -0.1) is 12.4 Å². The molecule has 7 heteroatoms. The standard InChI is InChI=1S/C21H24F2N2OS.ClH/c22-17-2-3-18(23)16(11-17)1-4-20(26)25(13-15-5-10-27-14-15)19-12-21(19)6-8-24-9-7-21;/h2-3,5,10-11,14,19,24H,1,4,6-9,12-13H2;1H. The lowest BCUT2D eigenvalue weighted by molar-refractivity contribution is -0.133. The molecule has 152 valence electrons. The molecule has 28 heavy (non-hydrogen) atoms. The fourth-order valence-corrected chi connectivity index (χ4v) is 4.96. The summed E-state index contributed by atoms with van der Waals surface area (Å²) < 4.78 is 27.3. The van der Waals surface area contributed by atoms with Gasteiger partial charge in [0, 0.05) is 19.0 Å². The Hall–Kier alpha value is -1.50. The number of nitrogens with one attached hydrogen (secondary N) is 1. The second-order valence-corrected chi connectivity index (χ2v) is 8.50. The molecule has 1 saturated heterocycles. The zero-order valence-corrected chi connectivity index (χ0v) is 17.3. The molecular formula is C21H25ClF2N2OS. The van der Waals surface area contributed by atoms with Crippen LogP contribution in [0, 0.1) is 17.0 Å². The van der Waals surface area contributed by atoms with Crippen LogP contribution in [0.15, 0.2) is 35.0 Å². The lowest BCUT2D eigenvalue weighted by Crippen LogP contribution is -2.39. The number of aryl methyl sites for hydroxylation is 1. The van der Waals surface area contributed by atoms with E-state index in [0.717, 1.165) is 50.0 Å². The SMILES string of the molecule is Cl.O=C(CCc1cc(F)ccc1F)N(Cc1ccsc1)C1CC12CCNCC2. The number of benzene rings is 1. The number of carbonyl (C=O) groups excluding carboxylic acids is 1. The van der Waals surface area contributed by atoms with Crippen molar-refractivity contribution in [2.45, 2.75) is 44.7 Å². The van der Waals surface area contributed by atoms with Gasteiger partial charge in [-0.2, -0.15) is 11.3 Å². The fourth-order valence-electron chi connectivity index (χ4n) is 4.30. The lowest BCUT2D eigenvalue weighted by Gasteiger charge is -2.29. The summed E-state index contributed by atoms with van der Waals surface area (Å²) in [5.74, 6) is -0.884. The molecule has 2 fully saturated rings. The Bertz CT molecular complexity index is 809. The third-order valence-electron chi connectivity index (χ3n) is 5.99. The number of amides is 1. The van der Waals surface area contributed by atoms with Gasteiger partial charge in [0.25, 0.3) is 0 Å². The third kappa shape index (κ3) is 4.56. The smallest absolute Gasteiger partial charge is 0.223 e. The zero-order valence-electron chi connectivity index (χ0n) is 15.6. The number of halogens is 3. The van der Waals surface area contributed by atoms with Crippen molar-refractivity contribution in [1.82, 2.24) is 10.2 Å². The Morgan fingerprint density at radius 3 is 2.75 bits per heavy atom. The minimum Gasteiger partial charge on any atom is -0.335 e. The van der Waals surface area contributed by atoms with Crippen molar-refractivity contribution in [3.8, 4) is 0 Å². The molecule has 2 heterocycles. The number of hydrogen-bond donors (Lipinski definition) is 1. The van der Waals surface area contributed by atoms with E-state index in [1.54, 1.807) is 11.3 Å². The molecule has 1 aliphatic carbocycles. The Morgan fingerprint density at radius 1 is 1.25 bits per heavy atom. The highest BCUT2D eigenvalue weighted by molar-refractivity contribution is 7.07. The largest absolute Gasteiger partial charge is 0.335 e. The van der Waals surface area contributed by atoms with Crippen LogP contribution in [-0.4, -0.2) is 29.9 Å². The number of nitrogens with zero attached hydrogens (tertiary/aromatic N) is 1. The van der Waals surface area contributed by atoms with Crippen LogP contribution < -0.4 is 5.32 Å². The van der Waals surface area contributed by atoms with E-state index in [0.29, 0.717) is 6.54 Å². The molecule has 1 N–H and O–H groups in total. The molecule has 1 spiro atoms. The van der Waals surface area contributed by atoms with E-state index in [9.17, 15) is 13.6 Å². The molecule has 0 bridgehead atoms. The molecule has 4 rings (SSSR count). The number of thiophene rings is 1. The molecule has 0 radical (unpaired) electrons. The first-order chi connectivity index (χ1) is 13.1. The van der Waals surface area contributed by atoms with E-state index in [1.165, 1.54) is 6.07 Å². The van der Waals surface area contributed by atoms with Gasteiger partial charge < -0.3 is 10.2 Å². The summed E-state index contributed by atoms with van der Waals surface area (Å²) in [6.45, 7) is 2.62. The zero-order chi connectivity index (χ0) is 18.9. The average Bonchev–Trinajstić information content (AvgIpc) is 3.10. The van der Waals surface area contributed by atoms with Gasteiger partial charge in [-0.3, -0.25) is 4.79 Å². The van der Waals surface area contributed by atoms with Crippen LogP contribution in [0.4, 0.5) is 8.78 Å². The fraction of sp³-hybridized carbons (Fsp3) is 0.476. The van der Waals surface area contributed by atoms with Crippen LogP contribution >= 0.6 is 23.7 Å². The number of hydrogen-bond acceptors (Lipinski definition) is 3. The van der Waals surface area contributed by atoms with Crippen LogP contribution in [-0.2, 0) is 17.8 Å². The highest BCUT2D eigenvalue weighted by atomic mass is 35.5. The summed E-state index contributed by atoms with van der Waals surface area (Å²) in [5, 5.41) is 7.49. The quantitative estimate of drug-likeness (QED) is 0.734. The summed E-state index contributed by atoms with van der Waals surface area (Å²) in [7, 11) is 0. The summed E-state index contributed by atoms with van der Waals surface area (Å²) in [5.41, 5.74) is 1.66. The molecular weight excluding hydrogens is 402 g/mol. The lowest BCUT2D eigenvalue weighted by atomic mass is 9.93. The van der Waals surface area contributed by atoms with Crippen molar-refractivity contribution >= 4 is 29.7 Å². The minimum atomic E-state index is -0.468. The van der Waals surface area contributed by atoms with Crippen LogP contribution in [0.1, 0.15) is 36.8 Å². The Labute approximate surface area is 174 Å². The molecule has 1 amide bonds. The van der Waals surface area contributed by atoms with Gasteiger partial charge in [-0.25, -0.2) is 8.78 Å². The Balaban J connectivity index is 0.00000225. The Morgan fingerprint density at radius 2 is 2.04 bits per heavy atom. The van der Waals surface area contributed by atoms with Crippen LogP contribution in [0.3, 0.4) is 0 Å². The van der Waals surface area contributed by atoms with Gasteiger partial charge in [0.05, 0.1) is 0 Å². The van der Waals surface area contributed by atoms with E-state index in [1.807, 2.05) is 10.3 Å². The first-order valence-corrected chi connectivity index (χ1v) is 10.5. The van der Waals surface area contributed by atoms with E-state index in [-0.39, 0.29) is 48.2 Å². The average molecular weight is 427 g/mol. The molecule has 2 aliphatic rings. The highest BCUT2D eigenvalue weighted by Gasteiger charge is 2.57. The predicted octanol–water partition coefficient (Wildman–Crippen LogP) is 4.55. The number of piperidine rings is 1. The van der Waals surface area contributed by atoms with E-state index >= 15 is 0 Å². The van der Waals surface area contributed by atoms with Crippen LogP contribution in [0.2, 0.25) is 0 Å².